The number of hydrogen-bond acceptors (Lipinski definition) is 1. The third kappa shape index (κ3) is 3.59. The molecule has 1 heteroatoms. The first-order valence-electron chi connectivity index (χ1n) is 7.00. The molecule has 0 saturated heterocycles. The fourth-order valence-corrected chi connectivity index (χ4v) is 1.96. The van der Waals surface area contributed by atoms with Crippen molar-refractivity contribution in [2.75, 3.05) is 0 Å². The number of rotatable bonds is 4. The van der Waals surface area contributed by atoms with Crippen LogP contribution in [0.15, 0.2) is 54.6 Å². The van der Waals surface area contributed by atoms with Gasteiger partial charge < -0.3 is 0 Å². The van der Waals surface area contributed by atoms with E-state index in [4.69, 9.17) is 0 Å². The zero-order chi connectivity index (χ0) is 14.2. The first-order chi connectivity index (χ1) is 9.83. The summed E-state index contributed by atoms with van der Waals surface area (Å²) in [6, 6.07) is 16.9. The number of unbranched alkanes of at least 4 members (excludes halogenated alkanes) is 2. The van der Waals surface area contributed by atoms with Crippen molar-refractivity contribution in [3.63, 3.8) is 0 Å². The Labute approximate surface area is 120 Å². The monoisotopic (exact) mass is 262 g/mol. The first kappa shape index (κ1) is 14.1. The van der Waals surface area contributed by atoms with E-state index in [0.29, 0.717) is 11.1 Å². The Morgan fingerprint density at radius 3 is 2.45 bits per heavy atom. The molecule has 0 aromatic heterocycles. The van der Waals surface area contributed by atoms with Crippen LogP contribution in [0.1, 0.15) is 47.7 Å². The molecule has 0 amide bonds. The van der Waals surface area contributed by atoms with Gasteiger partial charge in [0.05, 0.1) is 0 Å². The second-order valence-electron chi connectivity index (χ2n) is 4.65. The highest BCUT2D eigenvalue weighted by Crippen LogP contribution is 2.14. The summed E-state index contributed by atoms with van der Waals surface area (Å²) in [5.74, 6) is 6.31. The summed E-state index contributed by atoms with van der Waals surface area (Å²) in [5.41, 5.74) is 2.20. The Balaban J connectivity index is 2.27. The Morgan fingerprint density at radius 1 is 1.00 bits per heavy atom. The van der Waals surface area contributed by atoms with Crippen molar-refractivity contribution in [2.24, 2.45) is 0 Å². The van der Waals surface area contributed by atoms with E-state index >= 15 is 0 Å². The molecule has 0 atom stereocenters. The topological polar surface area (TPSA) is 17.1 Å². The van der Waals surface area contributed by atoms with Crippen LogP contribution in [-0.2, 0) is 0 Å². The molecular formula is C19H18O. The van der Waals surface area contributed by atoms with Crippen LogP contribution in [0.5, 0.6) is 0 Å². The average Bonchev–Trinajstić information content (AvgIpc) is 2.52. The van der Waals surface area contributed by atoms with E-state index in [1.165, 1.54) is 0 Å². The summed E-state index contributed by atoms with van der Waals surface area (Å²) < 4.78 is 0. The van der Waals surface area contributed by atoms with Gasteiger partial charge in [-0.05, 0) is 18.6 Å². The third-order valence-corrected chi connectivity index (χ3v) is 3.09. The summed E-state index contributed by atoms with van der Waals surface area (Å²) in [5, 5.41) is 0. The van der Waals surface area contributed by atoms with Gasteiger partial charge in [-0.15, -0.1) is 0 Å². The van der Waals surface area contributed by atoms with Crippen LogP contribution in [0.4, 0.5) is 0 Å². The molecule has 0 aliphatic heterocycles. The molecule has 0 fully saturated rings. The number of hydrogen-bond donors (Lipinski definition) is 0. The second kappa shape index (κ2) is 7.31. The minimum atomic E-state index is 0.0333. The van der Waals surface area contributed by atoms with Crippen molar-refractivity contribution in [3.05, 3.63) is 71.3 Å². The van der Waals surface area contributed by atoms with Crippen molar-refractivity contribution in [1.29, 1.82) is 0 Å². The highest BCUT2D eigenvalue weighted by Gasteiger charge is 2.11. The maximum absolute atomic E-state index is 12.5. The maximum Gasteiger partial charge on any atom is 0.194 e. The maximum atomic E-state index is 12.5. The molecule has 100 valence electrons. The molecule has 0 radical (unpaired) electrons. The van der Waals surface area contributed by atoms with Gasteiger partial charge in [-0.3, -0.25) is 4.79 Å². The molecule has 2 rings (SSSR count). The molecule has 0 bridgehead atoms. The number of carbonyl (C=O) groups excluding carboxylic acids is 1. The molecule has 0 heterocycles. The van der Waals surface area contributed by atoms with Crippen molar-refractivity contribution < 1.29 is 4.79 Å². The van der Waals surface area contributed by atoms with E-state index in [0.717, 1.165) is 24.8 Å². The first-order valence-corrected chi connectivity index (χ1v) is 7.00. The second-order valence-corrected chi connectivity index (χ2v) is 4.65. The summed E-state index contributed by atoms with van der Waals surface area (Å²) in [6.45, 7) is 2.15. The SMILES string of the molecule is CCCCC#Cc1ccccc1C(=O)c1ccccc1. The molecule has 1 nitrogen and oxygen atoms in total. The van der Waals surface area contributed by atoms with E-state index in [1.54, 1.807) is 0 Å². The van der Waals surface area contributed by atoms with Crippen molar-refractivity contribution in [1.82, 2.24) is 0 Å². The van der Waals surface area contributed by atoms with Crippen LogP contribution >= 0.6 is 0 Å². The smallest absolute Gasteiger partial charge is 0.194 e. The van der Waals surface area contributed by atoms with E-state index < -0.39 is 0 Å². The highest BCUT2D eigenvalue weighted by molar-refractivity contribution is 6.10. The van der Waals surface area contributed by atoms with Crippen LogP contribution in [0, 0.1) is 11.8 Å². The van der Waals surface area contributed by atoms with Gasteiger partial charge in [0.1, 0.15) is 0 Å². The Bertz CT molecular complexity index is 630. The zero-order valence-corrected chi connectivity index (χ0v) is 11.7. The average molecular weight is 262 g/mol. The van der Waals surface area contributed by atoms with Gasteiger partial charge in [0.15, 0.2) is 5.78 Å². The van der Waals surface area contributed by atoms with Crippen LogP contribution in [0.2, 0.25) is 0 Å². The van der Waals surface area contributed by atoms with E-state index in [2.05, 4.69) is 18.8 Å². The summed E-state index contributed by atoms with van der Waals surface area (Å²) in [6.07, 6.45) is 3.12. The fraction of sp³-hybridized carbons (Fsp3) is 0.211. The standard InChI is InChI=1S/C19H18O/c1-2-3-4-6-11-16-12-9-10-15-18(16)19(20)17-13-7-5-8-14-17/h5,7-10,12-15H,2-4H2,1H3. The minimum absolute atomic E-state index is 0.0333. The fourth-order valence-electron chi connectivity index (χ4n) is 1.96. The van der Waals surface area contributed by atoms with E-state index in [1.807, 2.05) is 54.6 Å². The molecule has 0 unspecified atom stereocenters. The van der Waals surface area contributed by atoms with Gasteiger partial charge in [-0.1, -0.05) is 67.6 Å². The minimum Gasteiger partial charge on any atom is -0.289 e. The van der Waals surface area contributed by atoms with Crippen LogP contribution in [-0.4, -0.2) is 5.78 Å². The van der Waals surface area contributed by atoms with E-state index in [9.17, 15) is 4.79 Å². The Kier molecular flexibility index (Phi) is 5.15. The summed E-state index contributed by atoms with van der Waals surface area (Å²) in [7, 11) is 0. The lowest BCUT2D eigenvalue weighted by Gasteiger charge is -2.03. The van der Waals surface area contributed by atoms with Gasteiger partial charge in [0.25, 0.3) is 0 Å². The van der Waals surface area contributed by atoms with Crippen LogP contribution < -0.4 is 0 Å². The van der Waals surface area contributed by atoms with Crippen molar-refractivity contribution in [3.8, 4) is 11.8 Å². The lowest BCUT2D eigenvalue weighted by molar-refractivity contribution is 0.103. The summed E-state index contributed by atoms with van der Waals surface area (Å²) in [4.78, 5) is 12.5. The third-order valence-electron chi connectivity index (χ3n) is 3.09. The molecule has 0 aliphatic rings. The van der Waals surface area contributed by atoms with E-state index in [-0.39, 0.29) is 5.78 Å². The molecular weight excluding hydrogens is 244 g/mol. The molecule has 0 saturated carbocycles. The normalized spacial score (nSPS) is 9.65. The van der Waals surface area contributed by atoms with Crippen LogP contribution in [0.25, 0.3) is 0 Å². The van der Waals surface area contributed by atoms with Gasteiger partial charge >= 0.3 is 0 Å². The lowest BCUT2D eigenvalue weighted by atomic mass is 9.98. The number of carbonyl (C=O) groups is 1. The number of ketones is 1. The molecule has 2 aromatic carbocycles. The Morgan fingerprint density at radius 2 is 1.70 bits per heavy atom. The molecule has 0 spiro atoms. The Hall–Kier alpha value is -2.33. The molecule has 20 heavy (non-hydrogen) atoms. The highest BCUT2D eigenvalue weighted by atomic mass is 16.1. The molecule has 2 aromatic rings. The quantitative estimate of drug-likeness (QED) is 0.451. The number of benzene rings is 2. The van der Waals surface area contributed by atoms with Crippen molar-refractivity contribution >= 4 is 5.78 Å². The van der Waals surface area contributed by atoms with Crippen molar-refractivity contribution in [2.45, 2.75) is 26.2 Å². The van der Waals surface area contributed by atoms with Gasteiger partial charge in [0, 0.05) is 23.1 Å². The summed E-state index contributed by atoms with van der Waals surface area (Å²) >= 11 is 0. The van der Waals surface area contributed by atoms with Gasteiger partial charge in [-0.2, -0.15) is 0 Å². The van der Waals surface area contributed by atoms with Crippen LogP contribution in [0.3, 0.4) is 0 Å². The molecule has 0 N–H and O–H groups in total. The largest absolute Gasteiger partial charge is 0.289 e. The lowest BCUT2D eigenvalue weighted by Crippen LogP contribution is -2.03. The predicted molar refractivity (Wildman–Crippen MR) is 82.7 cm³/mol. The molecule has 0 aliphatic carbocycles. The van der Waals surface area contributed by atoms with Gasteiger partial charge in [0.2, 0.25) is 0 Å². The predicted octanol–water partition coefficient (Wildman–Crippen LogP) is 4.46. The zero-order valence-electron chi connectivity index (χ0n) is 11.7. The van der Waals surface area contributed by atoms with Gasteiger partial charge in [-0.25, -0.2) is 0 Å².